The Kier molecular flexibility index (Phi) is 7.33. The van der Waals surface area contributed by atoms with E-state index in [0.717, 1.165) is 10.5 Å². The Bertz CT molecular complexity index is 1210. The highest BCUT2D eigenvalue weighted by atomic mass is 35.5. The predicted octanol–water partition coefficient (Wildman–Crippen LogP) is 4.19. The van der Waals surface area contributed by atoms with E-state index in [1.54, 1.807) is 78.7 Å². The van der Waals surface area contributed by atoms with Crippen molar-refractivity contribution in [2.45, 2.75) is 11.8 Å². The Hall–Kier alpha value is -3.16. The van der Waals surface area contributed by atoms with Crippen LogP contribution >= 0.6 is 11.6 Å². The molecule has 0 heterocycles. The minimum Gasteiger partial charge on any atom is -0.365 e. The van der Waals surface area contributed by atoms with E-state index in [-0.39, 0.29) is 17.0 Å². The van der Waals surface area contributed by atoms with E-state index in [9.17, 15) is 18.0 Å². The van der Waals surface area contributed by atoms with Crippen LogP contribution in [0.5, 0.6) is 0 Å². The van der Waals surface area contributed by atoms with Crippen LogP contribution in [-0.2, 0) is 14.6 Å². The van der Waals surface area contributed by atoms with E-state index >= 15 is 0 Å². The molecule has 32 heavy (non-hydrogen) atoms. The molecular weight excluding hydrogens is 448 g/mol. The molecule has 3 rings (SSSR count). The number of rotatable bonds is 7. The molecular formula is C24H23ClN2O4S. The largest absolute Gasteiger partial charge is 0.365 e. The van der Waals surface area contributed by atoms with E-state index < -0.39 is 27.5 Å². The third kappa shape index (κ3) is 5.75. The molecule has 0 bridgehead atoms. The van der Waals surface area contributed by atoms with Crippen LogP contribution in [0.2, 0.25) is 5.02 Å². The molecule has 3 aromatic rings. The standard InChI is InChI=1S/C24H23ClN2O4S/c1-18-11-13-22(14-12-18)32(30,31)17-27(24(29)19-7-4-3-5-8-19)23(28)16-26(2)21-10-6-9-20(25)15-21/h3-15H,16-17H2,1-2H3. The Morgan fingerprint density at radius 3 is 2.19 bits per heavy atom. The van der Waals surface area contributed by atoms with Crippen LogP contribution in [0.1, 0.15) is 15.9 Å². The van der Waals surface area contributed by atoms with Gasteiger partial charge in [-0.15, -0.1) is 0 Å². The zero-order valence-electron chi connectivity index (χ0n) is 17.7. The molecule has 0 atom stereocenters. The SMILES string of the molecule is Cc1ccc(S(=O)(=O)CN(C(=O)CN(C)c2cccc(Cl)c2)C(=O)c2ccccc2)cc1. The van der Waals surface area contributed by atoms with Crippen LogP contribution in [0, 0.1) is 6.92 Å². The van der Waals surface area contributed by atoms with Crippen molar-refractivity contribution >= 4 is 38.9 Å². The first-order chi connectivity index (χ1) is 15.2. The number of carbonyl (C=O) groups excluding carboxylic acids is 2. The molecule has 0 aliphatic carbocycles. The van der Waals surface area contributed by atoms with Gasteiger partial charge in [0.05, 0.1) is 11.4 Å². The highest BCUT2D eigenvalue weighted by Gasteiger charge is 2.30. The minimum atomic E-state index is -3.94. The van der Waals surface area contributed by atoms with Gasteiger partial charge in [0.1, 0.15) is 5.88 Å². The van der Waals surface area contributed by atoms with Gasteiger partial charge in [-0.25, -0.2) is 8.42 Å². The maximum Gasteiger partial charge on any atom is 0.261 e. The average molecular weight is 471 g/mol. The van der Waals surface area contributed by atoms with E-state index in [0.29, 0.717) is 10.7 Å². The molecule has 0 N–H and O–H groups in total. The van der Waals surface area contributed by atoms with Crippen molar-refractivity contribution in [1.82, 2.24) is 4.90 Å². The lowest BCUT2D eigenvalue weighted by Gasteiger charge is -2.25. The molecule has 0 aliphatic rings. The molecule has 2 amide bonds. The van der Waals surface area contributed by atoms with Gasteiger partial charge in [0.15, 0.2) is 9.84 Å². The predicted molar refractivity (Wildman–Crippen MR) is 126 cm³/mol. The third-order valence-electron chi connectivity index (χ3n) is 4.87. The van der Waals surface area contributed by atoms with Crippen molar-refractivity contribution < 1.29 is 18.0 Å². The van der Waals surface area contributed by atoms with Crippen molar-refractivity contribution in [2.75, 3.05) is 24.4 Å². The first-order valence-electron chi connectivity index (χ1n) is 9.83. The first-order valence-corrected chi connectivity index (χ1v) is 11.9. The van der Waals surface area contributed by atoms with Gasteiger partial charge in [0.2, 0.25) is 5.91 Å². The maximum atomic E-state index is 13.2. The second-order valence-corrected chi connectivity index (χ2v) is 9.78. The fourth-order valence-corrected chi connectivity index (χ4v) is 4.55. The molecule has 0 spiro atoms. The molecule has 0 saturated carbocycles. The summed E-state index contributed by atoms with van der Waals surface area (Å²) in [5.74, 6) is -2.07. The lowest BCUT2D eigenvalue weighted by atomic mass is 10.2. The summed E-state index contributed by atoms with van der Waals surface area (Å²) in [5.41, 5.74) is 1.80. The van der Waals surface area contributed by atoms with E-state index in [4.69, 9.17) is 11.6 Å². The summed E-state index contributed by atoms with van der Waals surface area (Å²) in [6.45, 7) is 1.64. The number of halogens is 1. The van der Waals surface area contributed by atoms with Gasteiger partial charge >= 0.3 is 0 Å². The van der Waals surface area contributed by atoms with Crippen LogP contribution in [0.3, 0.4) is 0 Å². The Morgan fingerprint density at radius 1 is 0.906 bits per heavy atom. The quantitative estimate of drug-likeness (QED) is 0.517. The van der Waals surface area contributed by atoms with Gasteiger partial charge in [-0.2, -0.15) is 0 Å². The third-order valence-corrected chi connectivity index (χ3v) is 6.69. The molecule has 166 valence electrons. The highest BCUT2D eigenvalue weighted by molar-refractivity contribution is 7.91. The van der Waals surface area contributed by atoms with Crippen LogP contribution in [0.25, 0.3) is 0 Å². The van der Waals surface area contributed by atoms with E-state index in [2.05, 4.69) is 0 Å². The molecule has 0 aliphatic heterocycles. The lowest BCUT2D eigenvalue weighted by Crippen LogP contribution is -2.45. The lowest BCUT2D eigenvalue weighted by molar-refractivity contribution is -0.126. The number of likely N-dealkylation sites (N-methyl/N-ethyl adjacent to an activating group) is 1. The fourth-order valence-electron chi connectivity index (χ4n) is 3.06. The van der Waals surface area contributed by atoms with Crippen LogP contribution in [-0.4, -0.2) is 44.6 Å². The second kappa shape index (κ2) is 9.97. The highest BCUT2D eigenvalue weighted by Crippen LogP contribution is 2.20. The topological polar surface area (TPSA) is 74.8 Å². The molecule has 0 aromatic heterocycles. The number of hydrogen-bond donors (Lipinski definition) is 0. The molecule has 0 unspecified atom stereocenters. The number of hydrogen-bond acceptors (Lipinski definition) is 5. The number of benzene rings is 3. The van der Waals surface area contributed by atoms with Crippen LogP contribution in [0.15, 0.2) is 83.8 Å². The summed E-state index contributed by atoms with van der Waals surface area (Å²) in [4.78, 5) is 28.7. The number of nitrogens with zero attached hydrogens (tertiary/aromatic N) is 2. The van der Waals surface area contributed by atoms with E-state index in [1.165, 1.54) is 12.1 Å². The molecule has 0 radical (unpaired) electrons. The number of aryl methyl sites for hydroxylation is 1. The van der Waals surface area contributed by atoms with Gasteiger partial charge in [0, 0.05) is 23.3 Å². The van der Waals surface area contributed by atoms with Crippen molar-refractivity contribution in [3.05, 3.63) is 95.0 Å². The number of imide groups is 1. The van der Waals surface area contributed by atoms with Crippen molar-refractivity contribution in [3.63, 3.8) is 0 Å². The van der Waals surface area contributed by atoms with Crippen molar-refractivity contribution in [1.29, 1.82) is 0 Å². The molecule has 0 fully saturated rings. The number of amides is 2. The number of carbonyl (C=O) groups is 2. The molecule has 6 nitrogen and oxygen atoms in total. The van der Waals surface area contributed by atoms with Gasteiger partial charge < -0.3 is 4.90 Å². The van der Waals surface area contributed by atoms with Gasteiger partial charge in [0.25, 0.3) is 5.91 Å². The van der Waals surface area contributed by atoms with Crippen molar-refractivity contribution in [3.8, 4) is 0 Å². The zero-order chi connectivity index (χ0) is 23.3. The van der Waals surface area contributed by atoms with E-state index in [1.807, 2.05) is 6.92 Å². The summed E-state index contributed by atoms with van der Waals surface area (Å²) in [5, 5.41) is 0.501. The Labute approximate surface area is 193 Å². The zero-order valence-corrected chi connectivity index (χ0v) is 19.3. The fraction of sp³-hybridized carbons (Fsp3) is 0.167. The molecule has 8 heteroatoms. The number of sulfone groups is 1. The van der Waals surface area contributed by atoms with Crippen LogP contribution in [0.4, 0.5) is 5.69 Å². The summed E-state index contributed by atoms with van der Waals surface area (Å²) in [6.07, 6.45) is 0. The molecule has 0 saturated heterocycles. The Balaban J connectivity index is 1.90. The van der Waals surface area contributed by atoms with Crippen molar-refractivity contribution in [2.24, 2.45) is 0 Å². The monoisotopic (exact) mass is 470 g/mol. The summed E-state index contributed by atoms with van der Waals surface area (Å²) < 4.78 is 26.0. The molecule has 3 aromatic carbocycles. The van der Waals surface area contributed by atoms with Crippen LogP contribution < -0.4 is 4.90 Å². The summed E-state index contributed by atoms with van der Waals surface area (Å²) in [6, 6.07) is 21.3. The number of anilines is 1. The minimum absolute atomic E-state index is 0.0463. The second-order valence-electron chi connectivity index (χ2n) is 7.39. The maximum absolute atomic E-state index is 13.2. The smallest absolute Gasteiger partial charge is 0.261 e. The summed E-state index contributed by atoms with van der Waals surface area (Å²) in [7, 11) is -2.27. The van der Waals surface area contributed by atoms with Gasteiger partial charge in [-0.05, 0) is 49.4 Å². The summed E-state index contributed by atoms with van der Waals surface area (Å²) >= 11 is 6.03. The average Bonchev–Trinajstić information content (AvgIpc) is 2.78. The normalized spacial score (nSPS) is 11.1. The Morgan fingerprint density at radius 2 is 1.56 bits per heavy atom. The van der Waals surface area contributed by atoms with Gasteiger partial charge in [-0.1, -0.05) is 53.6 Å². The van der Waals surface area contributed by atoms with Gasteiger partial charge in [-0.3, -0.25) is 14.5 Å². The first kappa shape index (κ1) is 23.5.